The lowest BCUT2D eigenvalue weighted by atomic mass is 10.0. The van der Waals surface area contributed by atoms with Crippen molar-refractivity contribution >= 4 is 0 Å². The van der Waals surface area contributed by atoms with Gasteiger partial charge in [-0.1, -0.05) is 24.3 Å². The molecule has 0 aliphatic carbocycles. The molecule has 128 valence electrons. The maximum Gasteiger partial charge on any atom is 0.350 e. The summed E-state index contributed by atoms with van der Waals surface area (Å²) in [7, 11) is 0. The minimum absolute atomic E-state index is 0.249. The smallest absolute Gasteiger partial charge is 0.277 e. The van der Waals surface area contributed by atoms with Gasteiger partial charge < -0.3 is 0 Å². The van der Waals surface area contributed by atoms with Gasteiger partial charge in [0.1, 0.15) is 12.1 Å². The number of nitrogens with zero attached hydrogens (tertiary/aromatic N) is 3. The Morgan fingerprint density at radius 1 is 1.12 bits per heavy atom. The van der Waals surface area contributed by atoms with Crippen molar-refractivity contribution in [3.05, 3.63) is 82.3 Å². The van der Waals surface area contributed by atoms with Gasteiger partial charge in [-0.3, -0.25) is 15.4 Å². The van der Waals surface area contributed by atoms with Crippen LogP contribution >= 0.6 is 0 Å². The third-order valence-corrected chi connectivity index (χ3v) is 4.41. The van der Waals surface area contributed by atoms with Gasteiger partial charge in [0.25, 0.3) is 0 Å². The second kappa shape index (κ2) is 6.62. The molecule has 0 spiro atoms. The van der Waals surface area contributed by atoms with E-state index >= 15 is 0 Å². The molecule has 25 heavy (non-hydrogen) atoms. The molecule has 7 heteroatoms. The maximum absolute atomic E-state index is 13.3. The Bertz CT molecular complexity index is 925. The van der Waals surface area contributed by atoms with Crippen molar-refractivity contribution in [1.29, 1.82) is 0 Å². The number of nitrogens with one attached hydrogen (secondary N) is 2. The van der Waals surface area contributed by atoms with Gasteiger partial charge in [0.15, 0.2) is 0 Å². The van der Waals surface area contributed by atoms with E-state index in [1.807, 2.05) is 24.3 Å². The topological polar surface area (TPSA) is 63.9 Å². The second-order valence-corrected chi connectivity index (χ2v) is 6.13. The quantitative estimate of drug-likeness (QED) is 0.754. The van der Waals surface area contributed by atoms with E-state index in [4.69, 9.17) is 0 Å². The lowest BCUT2D eigenvalue weighted by molar-refractivity contribution is 0.622. The lowest BCUT2D eigenvalue weighted by Crippen LogP contribution is -2.24. The Morgan fingerprint density at radius 2 is 1.88 bits per heavy atom. The average Bonchev–Trinajstić information content (AvgIpc) is 3.27. The number of halogens is 1. The number of hydrazine groups is 1. The van der Waals surface area contributed by atoms with Crippen LogP contribution in [0.2, 0.25) is 0 Å². The molecule has 2 N–H and O–H groups in total. The summed E-state index contributed by atoms with van der Waals surface area (Å²) in [6.07, 6.45) is 1.48. The number of hydrogen-bond acceptors (Lipinski definition) is 4. The van der Waals surface area contributed by atoms with Crippen molar-refractivity contribution < 1.29 is 4.39 Å². The van der Waals surface area contributed by atoms with Crippen LogP contribution in [-0.2, 0) is 6.54 Å². The normalized spacial score (nSPS) is 14.9. The standard InChI is InChI=1S/C18H18FN5O/c19-16-3-1-2-13(8-16)11-23-12-22-24(18(23)25)17-6-4-14(5-7-17)15-9-20-21-10-15/h1-8,12,15,20-21H,9-11H2. The van der Waals surface area contributed by atoms with E-state index in [2.05, 4.69) is 16.0 Å². The highest BCUT2D eigenvalue weighted by atomic mass is 19.1. The largest absolute Gasteiger partial charge is 0.350 e. The molecule has 6 nitrogen and oxygen atoms in total. The first-order valence-electron chi connectivity index (χ1n) is 8.16. The highest BCUT2D eigenvalue weighted by Crippen LogP contribution is 2.18. The van der Waals surface area contributed by atoms with Crippen molar-refractivity contribution in [1.82, 2.24) is 25.2 Å². The number of hydrogen-bond donors (Lipinski definition) is 2. The van der Waals surface area contributed by atoms with Gasteiger partial charge in [0.2, 0.25) is 0 Å². The Kier molecular flexibility index (Phi) is 4.17. The third kappa shape index (κ3) is 3.24. The van der Waals surface area contributed by atoms with Crippen molar-refractivity contribution in [3.63, 3.8) is 0 Å². The van der Waals surface area contributed by atoms with Crippen LogP contribution in [0.3, 0.4) is 0 Å². The van der Waals surface area contributed by atoms with Crippen molar-refractivity contribution in [3.8, 4) is 5.69 Å². The molecule has 1 aliphatic heterocycles. The van der Waals surface area contributed by atoms with Gasteiger partial charge in [0.05, 0.1) is 12.2 Å². The molecular weight excluding hydrogens is 321 g/mol. The Hall–Kier alpha value is -2.77. The Balaban J connectivity index is 1.57. The van der Waals surface area contributed by atoms with E-state index in [1.54, 1.807) is 12.1 Å². The summed E-state index contributed by atoms with van der Waals surface area (Å²) in [5.41, 5.74) is 8.62. The molecule has 0 saturated carbocycles. The fraction of sp³-hybridized carbons (Fsp3) is 0.222. The van der Waals surface area contributed by atoms with Crippen LogP contribution in [0.25, 0.3) is 5.69 Å². The van der Waals surface area contributed by atoms with E-state index < -0.39 is 0 Å². The summed E-state index contributed by atoms with van der Waals surface area (Å²) >= 11 is 0. The minimum atomic E-state index is -0.315. The number of aromatic nitrogens is 3. The lowest BCUT2D eigenvalue weighted by Gasteiger charge is -2.08. The highest BCUT2D eigenvalue weighted by molar-refractivity contribution is 5.35. The monoisotopic (exact) mass is 339 g/mol. The van der Waals surface area contributed by atoms with E-state index in [0.29, 0.717) is 11.6 Å². The van der Waals surface area contributed by atoms with Crippen LogP contribution in [0, 0.1) is 5.82 Å². The molecule has 1 aromatic heterocycles. The average molecular weight is 339 g/mol. The molecule has 1 saturated heterocycles. The third-order valence-electron chi connectivity index (χ3n) is 4.41. The fourth-order valence-electron chi connectivity index (χ4n) is 3.04. The van der Waals surface area contributed by atoms with Gasteiger partial charge in [-0.15, -0.1) is 0 Å². The number of rotatable bonds is 4. The van der Waals surface area contributed by atoms with E-state index in [1.165, 1.54) is 33.3 Å². The van der Waals surface area contributed by atoms with Crippen molar-refractivity contribution in [2.75, 3.05) is 13.1 Å². The molecule has 1 aliphatic rings. The highest BCUT2D eigenvalue weighted by Gasteiger charge is 2.16. The van der Waals surface area contributed by atoms with Crippen LogP contribution in [-0.4, -0.2) is 27.4 Å². The van der Waals surface area contributed by atoms with Gasteiger partial charge in [-0.25, -0.2) is 9.18 Å². The van der Waals surface area contributed by atoms with E-state index in [-0.39, 0.29) is 18.1 Å². The van der Waals surface area contributed by atoms with Gasteiger partial charge >= 0.3 is 5.69 Å². The predicted octanol–water partition coefficient (Wildman–Crippen LogP) is 1.41. The molecule has 4 rings (SSSR count). The van der Waals surface area contributed by atoms with Crippen molar-refractivity contribution in [2.24, 2.45) is 0 Å². The van der Waals surface area contributed by atoms with Crippen LogP contribution in [0.1, 0.15) is 17.0 Å². The molecule has 0 amide bonds. The molecular formula is C18H18FN5O. The molecule has 0 atom stereocenters. The second-order valence-electron chi connectivity index (χ2n) is 6.13. The van der Waals surface area contributed by atoms with Crippen LogP contribution in [0.15, 0.2) is 59.7 Å². The first-order chi connectivity index (χ1) is 12.2. The summed E-state index contributed by atoms with van der Waals surface area (Å²) in [5.74, 6) is 0.112. The first-order valence-corrected chi connectivity index (χ1v) is 8.16. The SMILES string of the molecule is O=c1n(Cc2cccc(F)c2)cnn1-c1ccc(C2CNNC2)cc1. The molecule has 0 unspecified atom stereocenters. The maximum atomic E-state index is 13.3. The summed E-state index contributed by atoms with van der Waals surface area (Å²) in [6.45, 7) is 2.07. The zero-order valence-corrected chi connectivity index (χ0v) is 13.5. The molecule has 2 heterocycles. The summed E-state index contributed by atoms with van der Waals surface area (Å²) in [5, 5.41) is 4.18. The molecule has 0 bridgehead atoms. The summed E-state index contributed by atoms with van der Waals surface area (Å²) in [6, 6.07) is 14.0. The molecule has 3 aromatic rings. The van der Waals surface area contributed by atoms with Crippen LogP contribution in [0.4, 0.5) is 4.39 Å². The summed E-state index contributed by atoms with van der Waals surface area (Å²) < 4.78 is 16.1. The first kappa shape index (κ1) is 15.7. The molecule has 2 aromatic carbocycles. The van der Waals surface area contributed by atoms with Gasteiger partial charge in [0, 0.05) is 19.0 Å². The fourth-order valence-corrected chi connectivity index (χ4v) is 3.04. The van der Waals surface area contributed by atoms with Crippen molar-refractivity contribution in [2.45, 2.75) is 12.5 Å². The molecule has 1 fully saturated rings. The van der Waals surface area contributed by atoms with E-state index in [0.717, 1.165) is 18.7 Å². The predicted molar refractivity (Wildman–Crippen MR) is 92.1 cm³/mol. The zero-order chi connectivity index (χ0) is 17.2. The Morgan fingerprint density at radius 3 is 2.60 bits per heavy atom. The Labute approximate surface area is 143 Å². The van der Waals surface area contributed by atoms with Crippen LogP contribution < -0.4 is 16.5 Å². The molecule has 0 radical (unpaired) electrons. The zero-order valence-electron chi connectivity index (χ0n) is 13.5. The van der Waals surface area contributed by atoms with Crippen LogP contribution in [0.5, 0.6) is 0 Å². The number of benzene rings is 2. The summed E-state index contributed by atoms with van der Waals surface area (Å²) in [4.78, 5) is 12.5. The van der Waals surface area contributed by atoms with Gasteiger partial charge in [-0.2, -0.15) is 9.78 Å². The minimum Gasteiger partial charge on any atom is -0.277 e. The van der Waals surface area contributed by atoms with Gasteiger partial charge in [-0.05, 0) is 35.4 Å². The van der Waals surface area contributed by atoms with E-state index in [9.17, 15) is 9.18 Å².